The molecule has 1 aromatic rings. The van der Waals surface area contributed by atoms with Crippen LogP contribution in [0, 0.1) is 40.9 Å². The zero-order chi connectivity index (χ0) is 21.5. The van der Waals surface area contributed by atoms with Crippen molar-refractivity contribution in [3.8, 4) is 0 Å². The van der Waals surface area contributed by atoms with E-state index in [1.54, 1.807) is 5.57 Å². The van der Waals surface area contributed by atoms with Crippen molar-refractivity contribution >= 4 is 11.5 Å². The molecule has 1 heterocycles. The Morgan fingerprint density at radius 3 is 2.60 bits per heavy atom. The molecule has 4 unspecified atom stereocenters. The minimum atomic E-state index is 0.000118. The van der Waals surface area contributed by atoms with E-state index in [4.69, 9.17) is 15.0 Å². The molecule has 0 spiro atoms. The number of aliphatic hydroxyl groups excluding tert-OH is 1. The summed E-state index contributed by atoms with van der Waals surface area (Å²) in [7, 11) is 0. The van der Waals surface area contributed by atoms with Gasteiger partial charge in [0, 0.05) is 36.6 Å². The molecule has 4 aliphatic carbocycles. The SMILES string of the molecule is CC12CCC3C(CCC4=CC(=N)CC[C@@]43C)C1CCC2=O.Cc1cc(CCO)no1. The highest BCUT2D eigenvalue weighted by Gasteiger charge is 2.58. The minimum absolute atomic E-state index is 0.000118. The highest BCUT2D eigenvalue weighted by atomic mass is 16.5. The Balaban J connectivity index is 0.000000204. The Kier molecular flexibility index (Phi) is 5.78. The van der Waals surface area contributed by atoms with Crippen molar-refractivity contribution in [1.82, 2.24) is 5.16 Å². The Hall–Kier alpha value is -1.75. The number of hydrogen-bond acceptors (Lipinski definition) is 5. The number of carbonyl (C=O) groups excluding carboxylic acids is 1. The minimum Gasteiger partial charge on any atom is -0.396 e. The Morgan fingerprint density at radius 1 is 1.13 bits per heavy atom. The first-order valence-electron chi connectivity index (χ1n) is 11.6. The third-order valence-corrected chi connectivity index (χ3v) is 8.75. The van der Waals surface area contributed by atoms with Crippen LogP contribution in [-0.4, -0.2) is 28.4 Å². The first-order valence-corrected chi connectivity index (χ1v) is 11.6. The molecule has 0 aliphatic heterocycles. The number of aryl methyl sites for hydroxylation is 1. The fourth-order valence-corrected chi connectivity index (χ4v) is 7.01. The highest BCUT2D eigenvalue weighted by Crippen LogP contribution is 2.64. The van der Waals surface area contributed by atoms with E-state index in [1.807, 2.05) is 13.0 Å². The van der Waals surface area contributed by atoms with Crippen LogP contribution in [0.3, 0.4) is 0 Å². The van der Waals surface area contributed by atoms with Gasteiger partial charge in [-0.05, 0) is 81.1 Å². The van der Waals surface area contributed by atoms with E-state index in [2.05, 4.69) is 25.1 Å². The van der Waals surface area contributed by atoms with Crippen LogP contribution in [0.2, 0.25) is 0 Å². The van der Waals surface area contributed by atoms with Crippen LogP contribution < -0.4 is 0 Å². The predicted molar refractivity (Wildman–Crippen MR) is 116 cm³/mol. The van der Waals surface area contributed by atoms with E-state index >= 15 is 0 Å². The van der Waals surface area contributed by atoms with Crippen LogP contribution in [0.15, 0.2) is 22.2 Å². The van der Waals surface area contributed by atoms with Gasteiger partial charge in [-0.1, -0.05) is 24.6 Å². The monoisotopic (exact) mass is 412 g/mol. The van der Waals surface area contributed by atoms with E-state index < -0.39 is 0 Å². The first-order chi connectivity index (χ1) is 14.3. The van der Waals surface area contributed by atoms with E-state index in [-0.39, 0.29) is 12.0 Å². The number of hydrogen-bond donors (Lipinski definition) is 2. The zero-order valence-electron chi connectivity index (χ0n) is 18.7. The van der Waals surface area contributed by atoms with Crippen molar-refractivity contribution in [3.63, 3.8) is 0 Å². The molecular formula is C25H36N2O3. The summed E-state index contributed by atoms with van der Waals surface area (Å²) in [6.45, 7) is 6.68. The third-order valence-electron chi connectivity index (χ3n) is 8.75. The Morgan fingerprint density at radius 2 is 1.90 bits per heavy atom. The van der Waals surface area contributed by atoms with Gasteiger partial charge in [-0.15, -0.1) is 0 Å². The normalized spacial score (nSPS) is 37.5. The molecule has 0 aromatic carbocycles. The van der Waals surface area contributed by atoms with Crippen LogP contribution in [0.5, 0.6) is 0 Å². The maximum atomic E-state index is 12.4. The number of aromatic nitrogens is 1. The van der Waals surface area contributed by atoms with Crippen molar-refractivity contribution < 1.29 is 14.4 Å². The zero-order valence-corrected chi connectivity index (χ0v) is 18.7. The average Bonchev–Trinajstić information content (AvgIpc) is 3.26. The number of ketones is 1. The van der Waals surface area contributed by atoms with E-state index in [0.717, 1.165) is 61.1 Å². The number of allylic oxidation sites excluding steroid dienone is 2. The second-order valence-corrected chi connectivity index (χ2v) is 10.3. The smallest absolute Gasteiger partial charge is 0.139 e. The number of rotatable bonds is 2. The highest BCUT2D eigenvalue weighted by molar-refractivity contribution is 5.94. The second kappa shape index (κ2) is 8.07. The molecule has 1 aromatic heterocycles. The van der Waals surface area contributed by atoms with Gasteiger partial charge in [0.15, 0.2) is 0 Å². The Labute approximate surface area is 179 Å². The summed E-state index contributed by atoms with van der Waals surface area (Å²) >= 11 is 0. The van der Waals surface area contributed by atoms with Crippen LogP contribution in [0.4, 0.5) is 0 Å². The fraction of sp³-hybridized carbons (Fsp3) is 0.720. The topological polar surface area (TPSA) is 87.2 Å². The standard InChI is InChI=1S/C19H27NO.C6H9NO2/c1-18-9-7-13(20)11-12(18)3-4-14-15-5-6-17(21)19(15,2)10-8-16(14)18;1-5-4-6(2-3-8)7-9-5/h11,14-16,20H,3-10H2,1-2H3;4,8H,2-3H2,1H3/t14?,15?,16?,18-,19?;/m0./s1. The summed E-state index contributed by atoms with van der Waals surface area (Å²) in [5.41, 5.74) is 3.51. The molecule has 3 fully saturated rings. The molecule has 5 rings (SSSR count). The van der Waals surface area contributed by atoms with E-state index in [9.17, 15) is 4.79 Å². The molecular weight excluding hydrogens is 376 g/mol. The summed E-state index contributed by atoms with van der Waals surface area (Å²) in [5.74, 6) is 3.49. The largest absolute Gasteiger partial charge is 0.396 e. The molecule has 164 valence electrons. The van der Waals surface area contributed by atoms with Crippen molar-refractivity contribution in [2.75, 3.05) is 6.61 Å². The maximum Gasteiger partial charge on any atom is 0.139 e. The molecule has 0 bridgehead atoms. The van der Waals surface area contributed by atoms with Gasteiger partial charge in [0.25, 0.3) is 0 Å². The molecule has 5 nitrogen and oxygen atoms in total. The first kappa shape index (κ1) is 21.5. The second-order valence-electron chi connectivity index (χ2n) is 10.3. The number of aliphatic hydroxyl groups is 1. The predicted octanol–water partition coefficient (Wildman–Crippen LogP) is 5.06. The van der Waals surface area contributed by atoms with Crippen molar-refractivity contribution in [3.05, 3.63) is 29.2 Å². The fourth-order valence-electron chi connectivity index (χ4n) is 7.01. The van der Waals surface area contributed by atoms with Crippen molar-refractivity contribution in [1.29, 1.82) is 5.41 Å². The van der Waals surface area contributed by atoms with Gasteiger partial charge in [0.2, 0.25) is 0 Å². The van der Waals surface area contributed by atoms with Gasteiger partial charge < -0.3 is 15.0 Å². The molecule has 3 saturated carbocycles. The van der Waals surface area contributed by atoms with Crippen LogP contribution in [0.25, 0.3) is 0 Å². The van der Waals surface area contributed by atoms with Gasteiger partial charge in [-0.3, -0.25) is 4.79 Å². The average molecular weight is 413 g/mol. The molecule has 4 aliphatic rings. The number of carbonyl (C=O) groups is 1. The lowest BCUT2D eigenvalue weighted by atomic mass is 9.47. The van der Waals surface area contributed by atoms with Gasteiger partial charge in [0.1, 0.15) is 11.5 Å². The lowest BCUT2D eigenvalue weighted by Gasteiger charge is -2.57. The number of nitrogens with one attached hydrogen (secondary N) is 1. The van der Waals surface area contributed by atoms with Crippen LogP contribution in [0.1, 0.15) is 76.7 Å². The van der Waals surface area contributed by atoms with Crippen LogP contribution in [-0.2, 0) is 11.2 Å². The summed E-state index contributed by atoms with van der Waals surface area (Å²) in [4.78, 5) is 12.4. The van der Waals surface area contributed by atoms with Gasteiger partial charge in [-0.2, -0.15) is 0 Å². The molecule has 2 N–H and O–H groups in total. The van der Waals surface area contributed by atoms with Gasteiger partial charge in [-0.25, -0.2) is 0 Å². The Bertz CT molecular complexity index is 856. The number of nitrogens with zero attached hydrogens (tertiary/aromatic N) is 1. The molecule has 0 saturated heterocycles. The third kappa shape index (κ3) is 3.59. The lowest BCUT2D eigenvalue weighted by Crippen LogP contribution is -2.50. The molecule has 5 heteroatoms. The molecule has 0 amide bonds. The molecule has 5 atom stereocenters. The van der Waals surface area contributed by atoms with Gasteiger partial charge >= 0.3 is 0 Å². The van der Waals surface area contributed by atoms with Crippen LogP contribution >= 0.6 is 0 Å². The van der Waals surface area contributed by atoms with E-state index in [1.165, 1.54) is 19.3 Å². The number of Topliss-reactive ketones (excluding diaryl/α,β-unsaturated/α-hetero) is 1. The lowest BCUT2D eigenvalue weighted by molar-refractivity contribution is -0.132. The van der Waals surface area contributed by atoms with Gasteiger partial charge in [0.05, 0.1) is 5.69 Å². The van der Waals surface area contributed by atoms with Crippen molar-refractivity contribution in [2.24, 2.45) is 28.6 Å². The summed E-state index contributed by atoms with van der Waals surface area (Å²) in [6.07, 6.45) is 11.6. The summed E-state index contributed by atoms with van der Waals surface area (Å²) in [5, 5.41) is 20.1. The number of fused-ring (bicyclic) bond motifs is 5. The summed E-state index contributed by atoms with van der Waals surface area (Å²) in [6, 6.07) is 1.82. The molecule has 0 radical (unpaired) electrons. The van der Waals surface area contributed by atoms with E-state index in [0.29, 0.717) is 23.5 Å². The molecule has 30 heavy (non-hydrogen) atoms. The van der Waals surface area contributed by atoms with Crippen molar-refractivity contribution in [2.45, 2.75) is 78.6 Å². The summed E-state index contributed by atoms with van der Waals surface area (Å²) < 4.78 is 4.76. The quantitative estimate of drug-likeness (QED) is 0.711. The maximum absolute atomic E-state index is 12.4.